The van der Waals surface area contributed by atoms with Crippen molar-refractivity contribution in [2.75, 3.05) is 0 Å². The van der Waals surface area contributed by atoms with Gasteiger partial charge < -0.3 is 0 Å². The first-order valence-corrected chi connectivity index (χ1v) is 6.70. The lowest BCUT2D eigenvalue weighted by Gasteiger charge is -2.53. The minimum atomic E-state index is 0.177. The Bertz CT molecular complexity index is 476. The molecule has 0 aromatic heterocycles. The van der Waals surface area contributed by atoms with Crippen LogP contribution in [0.2, 0.25) is 0 Å². The van der Waals surface area contributed by atoms with Gasteiger partial charge in [-0.3, -0.25) is 4.79 Å². The predicted molar refractivity (Wildman–Crippen MR) is 69.3 cm³/mol. The zero-order chi connectivity index (χ0) is 12.1. The van der Waals surface area contributed by atoms with Crippen LogP contribution in [0.1, 0.15) is 61.9 Å². The Morgan fingerprint density at radius 1 is 1.06 bits per heavy atom. The third-order valence-electron chi connectivity index (χ3n) is 5.36. The monoisotopic (exact) mass is 228 g/mol. The lowest BCUT2D eigenvalue weighted by Crippen LogP contribution is -2.49. The molecule has 1 fully saturated rings. The topological polar surface area (TPSA) is 17.1 Å². The van der Waals surface area contributed by atoms with Gasteiger partial charge in [0.05, 0.1) is 0 Å². The molecule has 1 saturated carbocycles. The van der Waals surface area contributed by atoms with E-state index in [-0.39, 0.29) is 10.8 Å². The first kappa shape index (κ1) is 11.0. The Morgan fingerprint density at radius 3 is 2.59 bits per heavy atom. The maximum absolute atomic E-state index is 12.3. The summed E-state index contributed by atoms with van der Waals surface area (Å²) in [6.45, 7) is 4.69. The van der Waals surface area contributed by atoms with E-state index in [0.29, 0.717) is 5.78 Å². The second kappa shape index (κ2) is 3.44. The molecule has 2 atom stereocenters. The normalized spacial score (nSPS) is 36.2. The van der Waals surface area contributed by atoms with Crippen LogP contribution in [0, 0.1) is 5.41 Å². The highest BCUT2D eigenvalue weighted by Crippen LogP contribution is 2.57. The van der Waals surface area contributed by atoms with Gasteiger partial charge in [0, 0.05) is 12.0 Å². The van der Waals surface area contributed by atoms with Crippen molar-refractivity contribution < 1.29 is 4.79 Å². The van der Waals surface area contributed by atoms with Crippen molar-refractivity contribution in [1.82, 2.24) is 0 Å². The molecule has 0 N–H and O–H groups in total. The van der Waals surface area contributed by atoms with E-state index < -0.39 is 0 Å². The van der Waals surface area contributed by atoms with E-state index in [1.807, 2.05) is 12.1 Å². The van der Waals surface area contributed by atoms with Crippen LogP contribution in [0.5, 0.6) is 0 Å². The average molecular weight is 228 g/mol. The number of benzene rings is 1. The molecule has 0 amide bonds. The Labute approximate surface area is 103 Å². The SMILES string of the molecule is CC12CCCCC1(C)c1ccccc1C(=O)C2. The van der Waals surface area contributed by atoms with Crippen molar-refractivity contribution in [2.45, 2.75) is 51.4 Å². The summed E-state index contributed by atoms with van der Waals surface area (Å²) in [5.74, 6) is 0.350. The van der Waals surface area contributed by atoms with Gasteiger partial charge >= 0.3 is 0 Å². The number of Topliss-reactive ketones (excluding diaryl/α,β-unsaturated/α-hetero) is 1. The van der Waals surface area contributed by atoms with Crippen LogP contribution in [-0.4, -0.2) is 5.78 Å². The zero-order valence-corrected chi connectivity index (χ0v) is 10.8. The molecule has 90 valence electrons. The van der Waals surface area contributed by atoms with E-state index in [4.69, 9.17) is 0 Å². The molecule has 2 aliphatic carbocycles. The van der Waals surface area contributed by atoms with E-state index in [9.17, 15) is 4.79 Å². The fraction of sp³-hybridized carbons (Fsp3) is 0.562. The predicted octanol–water partition coefficient (Wildman–Crippen LogP) is 4.11. The molecule has 3 rings (SSSR count). The lowest BCUT2D eigenvalue weighted by atomic mass is 9.50. The first-order valence-electron chi connectivity index (χ1n) is 6.70. The highest BCUT2D eigenvalue weighted by Gasteiger charge is 2.52. The molecule has 2 unspecified atom stereocenters. The summed E-state index contributed by atoms with van der Waals surface area (Å²) in [6, 6.07) is 8.26. The molecule has 0 spiro atoms. The van der Waals surface area contributed by atoms with Gasteiger partial charge in [-0.05, 0) is 29.2 Å². The third-order valence-corrected chi connectivity index (χ3v) is 5.36. The van der Waals surface area contributed by atoms with Gasteiger partial charge in [0.25, 0.3) is 0 Å². The summed E-state index contributed by atoms with van der Waals surface area (Å²) < 4.78 is 0. The maximum Gasteiger partial charge on any atom is 0.163 e. The Morgan fingerprint density at radius 2 is 1.76 bits per heavy atom. The second-order valence-corrected chi connectivity index (χ2v) is 6.25. The number of hydrogen-bond acceptors (Lipinski definition) is 1. The summed E-state index contributed by atoms with van der Waals surface area (Å²) in [5, 5.41) is 0. The summed E-state index contributed by atoms with van der Waals surface area (Å²) in [5.41, 5.74) is 2.67. The Kier molecular flexibility index (Phi) is 2.23. The molecule has 0 aliphatic heterocycles. The van der Waals surface area contributed by atoms with Crippen molar-refractivity contribution in [3.63, 3.8) is 0 Å². The second-order valence-electron chi connectivity index (χ2n) is 6.25. The third kappa shape index (κ3) is 1.34. The van der Waals surface area contributed by atoms with Gasteiger partial charge in [0.2, 0.25) is 0 Å². The minimum Gasteiger partial charge on any atom is -0.294 e. The molecule has 0 bridgehead atoms. The molecule has 2 aliphatic rings. The smallest absolute Gasteiger partial charge is 0.163 e. The van der Waals surface area contributed by atoms with Crippen molar-refractivity contribution >= 4 is 5.78 Å². The van der Waals surface area contributed by atoms with Crippen LogP contribution in [0.15, 0.2) is 24.3 Å². The maximum atomic E-state index is 12.3. The summed E-state index contributed by atoms with van der Waals surface area (Å²) in [6.07, 6.45) is 5.74. The van der Waals surface area contributed by atoms with Crippen molar-refractivity contribution in [1.29, 1.82) is 0 Å². The van der Waals surface area contributed by atoms with Crippen LogP contribution < -0.4 is 0 Å². The minimum absolute atomic E-state index is 0.177. The summed E-state index contributed by atoms with van der Waals surface area (Å²) in [4.78, 5) is 12.3. The van der Waals surface area contributed by atoms with Gasteiger partial charge in [0.15, 0.2) is 5.78 Å². The largest absolute Gasteiger partial charge is 0.294 e. The zero-order valence-electron chi connectivity index (χ0n) is 10.8. The summed E-state index contributed by atoms with van der Waals surface area (Å²) in [7, 11) is 0. The average Bonchev–Trinajstić information content (AvgIpc) is 2.32. The number of ketones is 1. The number of rotatable bonds is 0. The molecule has 1 nitrogen and oxygen atoms in total. The molecule has 0 saturated heterocycles. The van der Waals surface area contributed by atoms with Gasteiger partial charge in [-0.1, -0.05) is 51.0 Å². The van der Waals surface area contributed by atoms with Gasteiger partial charge in [-0.2, -0.15) is 0 Å². The first-order chi connectivity index (χ1) is 8.07. The number of fused-ring (bicyclic) bond motifs is 3. The van der Waals surface area contributed by atoms with Crippen LogP contribution >= 0.6 is 0 Å². The number of carbonyl (C=O) groups excluding carboxylic acids is 1. The fourth-order valence-corrected chi connectivity index (χ4v) is 3.97. The fourth-order valence-electron chi connectivity index (χ4n) is 3.97. The van der Waals surface area contributed by atoms with Gasteiger partial charge in [-0.15, -0.1) is 0 Å². The van der Waals surface area contributed by atoms with Crippen molar-refractivity contribution in [3.8, 4) is 0 Å². The van der Waals surface area contributed by atoms with E-state index in [1.165, 1.54) is 31.2 Å². The quantitative estimate of drug-likeness (QED) is 0.653. The highest BCUT2D eigenvalue weighted by atomic mass is 16.1. The molecular formula is C16H20O. The van der Waals surface area contributed by atoms with Crippen LogP contribution in [0.3, 0.4) is 0 Å². The van der Waals surface area contributed by atoms with E-state index >= 15 is 0 Å². The molecule has 1 heteroatoms. The standard InChI is InChI=1S/C16H20O/c1-15-9-5-6-10-16(15,2)13-8-4-3-7-12(13)14(17)11-15/h3-4,7-8H,5-6,9-11H2,1-2H3. The number of carbonyl (C=O) groups is 1. The van der Waals surface area contributed by atoms with Gasteiger partial charge in [0.1, 0.15) is 0 Å². The Hall–Kier alpha value is -1.11. The van der Waals surface area contributed by atoms with Crippen LogP contribution in [-0.2, 0) is 5.41 Å². The lowest BCUT2D eigenvalue weighted by molar-refractivity contribution is 0.0528. The van der Waals surface area contributed by atoms with Crippen molar-refractivity contribution in [3.05, 3.63) is 35.4 Å². The van der Waals surface area contributed by atoms with Crippen LogP contribution in [0.4, 0.5) is 0 Å². The molecule has 17 heavy (non-hydrogen) atoms. The Balaban J connectivity index is 2.22. The molecule has 1 aromatic rings. The molecular weight excluding hydrogens is 208 g/mol. The van der Waals surface area contributed by atoms with Crippen molar-refractivity contribution in [2.24, 2.45) is 5.41 Å². The summed E-state index contributed by atoms with van der Waals surface area (Å²) >= 11 is 0. The highest BCUT2D eigenvalue weighted by molar-refractivity contribution is 5.99. The molecule has 1 aromatic carbocycles. The van der Waals surface area contributed by atoms with E-state index in [1.54, 1.807) is 0 Å². The number of hydrogen-bond donors (Lipinski definition) is 0. The van der Waals surface area contributed by atoms with E-state index in [0.717, 1.165) is 12.0 Å². The van der Waals surface area contributed by atoms with Gasteiger partial charge in [-0.25, -0.2) is 0 Å². The molecule has 0 heterocycles. The molecule has 0 radical (unpaired) electrons. The van der Waals surface area contributed by atoms with Crippen LogP contribution in [0.25, 0.3) is 0 Å². The van der Waals surface area contributed by atoms with E-state index in [2.05, 4.69) is 26.0 Å².